The van der Waals surface area contributed by atoms with Gasteiger partial charge in [-0.15, -0.1) is 0 Å². The van der Waals surface area contributed by atoms with E-state index in [1.165, 1.54) is 0 Å². The lowest BCUT2D eigenvalue weighted by atomic mass is 9.83. The predicted molar refractivity (Wildman–Crippen MR) is 105 cm³/mol. The van der Waals surface area contributed by atoms with Gasteiger partial charge in [0.05, 0.1) is 25.9 Å². The maximum absolute atomic E-state index is 12.9. The van der Waals surface area contributed by atoms with Crippen LogP contribution >= 0.6 is 0 Å². The van der Waals surface area contributed by atoms with Crippen LogP contribution in [-0.2, 0) is 10.3 Å². The number of aliphatic hydroxyl groups is 2. The first-order valence-corrected chi connectivity index (χ1v) is 9.47. The van der Waals surface area contributed by atoms with Gasteiger partial charge in [0, 0.05) is 19.4 Å². The lowest BCUT2D eigenvalue weighted by molar-refractivity contribution is -0.0892. The zero-order valence-electron chi connectivity index (χ0n) is 16.2. The zero-order chi connectivity index (χ0) is 20.1. The Balaban J connectivity index is 1.81. The van der Waals surface area contributed by atoms with E-state index < -0.39 is 17.8 Å². The number of amides is 1. The summed E-state index contributed by atoms with van der Waals surface area (Å²) < 4.78 is 11.1. The molecule has 150 valence electrons. The van der Waals surface area contributed by atoms with Crippen LogP contribution in [0.5, 0.6) is 5.75 Å². The Morgan fingerprint density at radius 3 is 2.43 bits per heavy atom. The van der Waals surface area contributed by atoms with Gasteiger partial charge in [0.1, 0.15) is 11.4 Å². The third-order valence-electron chi connectivity index (χ3n) is 5.42. The molecule has 1 unspecified atom stereocenters. The predicted octanol–water partition coefficient (Wildman–Crippen LogP) is 3.24. The molecule has 0 aromatic heterocycles. The lowest BCUT2D eigenvalue weighted by Crippen LogP contribution is -2.50. The average Bonchev–Trinajstić information content (AvgIpc) is 2.74. The van der Waals surface area contributed by atoms with Crippen molar-refractivity contribution < 1.29 is 24.5 Å². The molecule has 1 amide bonds. The summed E-state index contributed by atoms with van der Waals surface area (Å²) in [6.07, 6.45) is -0.702. The molecule has 1 saturated heterocycles. The molecule has 1 aliphatic rings. The number of aliphatic hydroxyl groups excluding tert-OH is 2. The van der Waals surface area contributed by atoms with Crippen molar-refractivity contribution in [3.63, 3.8) is 0 Å². The molecular weight excluding hydrogens is 358 g/mol. The first-order chi connectivity index (χ1) is 13.5. The van der Waals surface area contributed by atoms with Crippen molar-refractivity contribution in [2.45, 2.75) is 37.5 Å². The van der Waals surface area contributed by atoms with Crippen LogP contribution in [0.1, 0.15) is 36.9 Å². The molecule has 6 heteroatoms. The number of rotatable bonds is 7. The summed E-state index contributed by atoms with van der Waals surface area (Å²) in [7, 11) is 1.62. The van der Waals surface area contributed by atoms with Crippen LogP contribution in [0, 0.1) is 0 Å². The molecule has 2 aromatic carbocycles. The van der Waals surface area contributed by atoms with E-state index in [4.69, 9.17) is 9.47 Å². The quantitative estimate of drug-likeness (QED) is 0.765. The Kier molecular flexibility index (Phi) is 6.21. The Hall–Kier alpha value is -2.57. The molecule has 28 heavy (non-hydrogen) atoms. The minimum Gasteiger partial charge on any atom is -0.497 e. The van der Waals surface area contributed by atoms with Crippen molar-refractivity contribution in [3.8, 4) is 5.75 Å². The standard InChI is InChI=1S/C22H27NO5/c1-16(17-8-10-20(27-2)11-9-17)23-13-12-22(28-21(23)26,14-19(25)15-24)18-6-4-3-5-7-18/h3-11,16,19,24-25H,12-15H2,1-2H3/t16-,19?,22+/m0/s1. The average molecular weight is 385 g/mol. The van der Waals surface area contributed by atoms with Crippen molar-refractivity contribution in [2.24, 2.45) is 0 Å². The number of hydrogen-bond acceptors (Lipinski definition) is 5. The number of methoxy groups -OCH3 is 1. The third kappa shape index (κ3) is 4.13. The molecule has 0 aliphatic carbocycles. The van der Waals surface area contributed by atoms with Crippen LogP contribution in [0.2, 0.25) is 0 Å². The SMILES string of the molecule is COc1ccc([C@H](C)N2CC[C@@](CC(O)CO)(c3ccccc3)OC2=O)cc1. The molecule has 1 fully saturated rings. The monoisotopic (exact) mass is 385 g/mol. The zero-order valence-corrected chi connectivity index (χ0v) is 16.2. The van der Waals surface area contributed by atoms with E-state index in [9.17, 15) is 15.0 Å². The summed E-state index contributed by atoms with van der Waals surface area (Å²) in [6, 6.07) is 16.9. The van der Waals surface area contributed by atoms with E-state index in [2.05, 4.69) is 0 Å². The third-order valence-corrected chi connectivity index (χ3v) is 5.42. The van der Waals surface area contributed by atoms with E-state index in [1.54, 1.807) is 12.0 Å². The van der Waals surface area contributed by atoms with Crippen molar-refractivity contribution in [1.82, 2.24) is 4.90 Å². The number of cyclic esters (lactones) is 1. The number of ether oxygens (including phenoxy) is 2. The number of carbonyl (C=O) groups excluding carboxylic acids is 1. The molecular formula is C22H27NO5. The lowest BCUT2D eigenvalue weighted by Gasteiger charge is -2.44. The van der Waals surface area contributed by atoms with Crippen LogP contribution < -0.4 is 4.74 Å². The maximum Gasteiger partial charge on any atom is 0.411 e. The van der Waals surface area contributed by atoms with Gasteiger partial charge in [-0.05, 0) is 30.2 Å². The highest BCUT2D eigenvalue weighted by Gasteiger charge is 2.44. The Morgan fingerprint density at radius 2 is 1.86 bits per heavy atom. The van der Waals surface area contributed by atoms with Crippen LogP contribution in [-0.4, -0.2) is 47.6 Å². The van der Waals surface area contributed by atoms with Crippen LogP contribution in [0.15, 0.2) is 54.6 Å². The fourth-order valence-corrected chi connectivity index (χ4v) is 3.74. The van der Waals surface area contributed by atoms with Gasteiger partial charge in [0.2, 0.25) is 0 Å². The van der Waals surface area contributed by atoms with Crippen LogP contribution in [0.4, 0.5) is 4.79 Å². The molecule has 3 rings (SSSR count). The highest BCUT2D eigenvalue weighted by atomic mass is 16.6. The van der Waals surface area contributed by atoms with E-state index in [0.717, 1.165) is 16.9 Å². The largest absolute Gasteiger partial charge is 0.497 e. The first-order valence-electron chi connectivity index (χ1n) is 9.47. The van der Waals surface area contributed by atoms with Crippen LogP contribution in [0.3, 0.4) is 0 Å². The summed E-state index contributed by atoms with van der Waals surface area (Å²) in [4.78, 5) is 14.6. The second kappa shape index (κ2) is 8.63. The minimum atomic E-state index is -0.960. The fourth-order valence-electron chi connectivity index (χ4n) is 3.74. The van der Waals surface area contributed by atoms with Gasteiger partial charge >= 0.3 is 6.09 Å². The number of nitrogens with zero attached hydrogens (tertiary/aromatic N) is 1. The van der Waals surface area contributed by atoms with Gasteiger partial charge in [0.15, 0.2) is 0 Å². The highest BCUT2D eigenvalue weighted by molar-refractivity contribution is 5.70. The summed E-state index contributed by atoms with van der Waals surface area (Å²) in [6.45, 7) is 2.07. The van der Waals surface area contributed by atoms with Crippen LogP contribution in [0.25, 0.3) is 0 Å². The number of hydrogen-bond donors (Lipinski definition) is 2. The number of benzene rings is 2. The van der Waals surface area contributed by atoms with Crippen molar-refractivity contribution in [3.05, 3.63) is 65.7 Å². The van der Waals surface area contributed by atoms with Crippen molar-refractivity contribution >= 4 is 6.09 Å². The Bertz CT molecular complexity index is 779. The smallest absolute Gasteiger partial charge is 0.411 e. The van der Waals surface area contributed by atoms with Gasteiger partial charge in [-0.25, -0.2) is 4.79 Å². The molecule has 1 heterocycles. The summed E-state index contributed by atoms with van der Waals surface area (Å²) in [5, 5.41) is 19.4. The molecule has 0 spiro atoms. The van der Waals surface area contributed by atoms with E-state index in [1.807, 2.05) is 61.5 Å². The normalized spacial score (nSPS) is 21.7. The molecule has 0 saturated carbocycles. The van der Waals surface area contributed by atoms with E-state index >= 15 is 0 Å². The fraction of sp³-hybridized carbons (Fsp3) is 0.409. The minimum absolute atomic E-state index is 0.157. The molecule has 6 nitrogen and oxygen atoms in total. The maximum atomic E-state index is 12.9. The first kappa shape index (κ1) is 20.2. The topological polar surface area (TPSA) is 79.2 Å². The highest BCUT2D eigenvalue weighted by Crippen LogP contribution is 2.40. The van der Waals surface area contributed by atoms with Crippen molar-refractivity contribution in [1.29, 1.82) is 0 Å². The summed E-state index contributed by atoms with van der Waals surface area (Å²) in [5.41, 5.74) is 0.865. The summed E-state index contributed by atoms with van der Waals surface area (Å²) in [5.74, 6) is 0.762. The van der Waals surface area contributed by atoms with Gasteiger partial charge < -0.3 is 24.6 Å². The molecule has 3 atom stereocenters. The molecule has 0 bridgehead atoms. The second-order valence-corrected chi connectivity index (χ2v) is 7.16. The van der Waals surface area contributed by atoms with Gasteiger partial charge in [-0.3, -0.25) is 0 Å². The molecule has 2 aromatic rings. The Morgan fingerprint density at radius 1 is 1.18 bits per heavy atom. The van der Waals surface area contributed by atoms with Crippen molar-refractivity contribution in [2.75, 3.05) is 20.3 Å². The van der Waals surface area contributed by atoms with Gasteiger partial charge in [-0.2, -0.15) is 0 Å². The molecule has 0 radical (unpaired) electrons. The Labute approximate surface area is 165 Å². The van der Waals surface area contributed by atoms with Gasteiger partial charge in [-0.1, -0.05) is 42.5 Å². The van der Waals surface area contributed by atoms with E-state index in [-0.39, 0.29) is 19.1 Å². The summed E-state index contributed by atoms with van der Waals surface area (Å²) >= 11 is 0. The second-order valence-electron chi connectivity index (χ2n) is 7.16. The number of carbonyl (C=O) groups is 1. The van der Waals surface area contributed by atoms with Gasteiger partial charge in [0.25, 0.3) is 0 Å². The molecule has 1 aliphatic heterocycles. The molecule has 2 N–H and O–H groups in total. The van der Waals surface area contributed by atoms with E-state index in [0.29, 0.717) is 13.0 Å².